The fourth-order valence-electron chi connectivity index (χ4n) is 8.34. The smallest absolute Gasteiger partial charge is 0.344 e. The van der Waals surface area contributed by atoms with Crippen molar-refractivity contribution in [3.63, 3.8) is 0 Å². The zero-order chi connectivity index (χ0) is 53.5. The van der Waals surface area contributed by atoms with Crippen LogP contribution in [0.4, 0.5) is 0 Å². The fourth-order valence-corrected chi connectivity index (χ4v) is 8.34. The lowest BCUT2D eigenvalue weighted by molar-refractivity contribution is -0.178. The summed E-state index contributed by atoms with van der Waals surface area (Å²) in [5, 5.41) is 21.2. The number of carbonyl (C=O) groups is 3. The number of aliphatic hydroxyl groups is 1. The summed E-state index contributed by atoms with van der Waals surface area (Å²) < 4.78 is 42.0. The van der Waals surface area contributed by atoms with Gasteiger partial charge in [-0.1, -0.05) is 45.0 Å². The molecular weight excluding hydrogens is 913 g/mol. The third kappa shape index (κ3) is 16.9. The van der Waals surface area contributed by atoms with E-state index in [1.165, 1.54) is 0 Å². The Morgan fingerprint density at radius 2 is 0.931 bits per heavy atom. The first-order chi connectivity index (χ1) is 33.3. The van der Waals surface area contributed by atoms with Gasteiger partial charge >= 0.3 is 11.9 Å². The Kier molecular flexibility index (Phi) is 18.1. The number of hydrogen-bond donors (Lipinski definition) is 2. The Morgan fingerprint density at radius 3 is 1.36 bits per heavy atom. The number of ketones is 1. The van der Waals surface area contributed by atoms with E-state index in [4.69, 9.17) is 33.2 Å². The quantitative estimate of drug-likeness (QED) is 0.0459. The molecule has 0 amide bonds. The predicted molar refractivity (Wildman–Crippen MR) is 281 cm³/mol. The Hall–Kier alpha value is -6.37. The van der Waals surface area contributed by atoms with Crippen molar-refractivity contribution in [2.45, 2.75) is 146 Å². The van der Waals surface area contributed by atoms with Crippen molar-refractivity contribution in [3.05, 3.63) is 124 Å². The van der Waals surface area contributed by atoms with Crippen molar-refractivity contribution in [1.82, 2.24) is 0 Å². The first-order valence-electron chi connectivity index (χ1n) is 24.5. The molecule has 5 rings (SSSR count). The van der Waals surface area contributed by atoms with E-state index < -0.39 is 40.9 Å². The van der Waals surface area contributed by atoms with Gasteiger partial charge in [0.15, 0.2) is 25.3 Å². The minimum absolute atomic E-state index is 0.0581. The highest BCUT2D eigenvalue weighted by Gasteiger charge is 2.30. The number of rotatable bonds is 19. The van der Waals surface area contributed by atoms with Crippen LogP contribution in [0, 0.1) is 33.1 Å². The standard InChI is InChI=1S/C60H76O12/c1-36-25-41(19-23-49(36)66-33-51(63)70-58(8,9)10)43-27-38(3)55(68-32-46(62)31-57(5,6)7)47(29-43)54(40-17-21-45(61)22-18-40)48-30-44(28-39(4)56(48)69-35-53(65)72-60(14,15)16)42-20-24-50(37(2)26-42)67-34-52(64)71-59(11,12)13/h17-30,51,54,61,63H,31-35H2,1-16H3. The molecule has 0 aliphatic heterocycles. The van der Waals surface area contributed by atoms with Crippen molar-refractivity contribution in [2.75, 3.05) is 26.4 Å². The maximum Gasteiger partial charge on any atom is 0.344 e. The summed E-state index contributed by atoms with van der Waals surface area (Å²) in [5.41, 5.74) is 6.36. The molecule has 0 aliphatic rings. The second-order valence-corrected chi connectivity index (χ2v) is 22.7. The zero-order valence-corrected chi connectivity index (χ0v) is 45.3. The van der Waals surface area contributed by atoms with Crippen LogP contribution in [0.5, 0.6) is 28.7 Å². The molecule has 5 aromatic rings. The average Bonchev–Trinajstić information content (AvgIpc) is 3.23. The third-order valence-corrected chi connectivity index (χ3v) is 11.0. The molecule has 0 fully saturated rings. The summed E-state index contributed by atoms with van der Waals surface area (Å²) in [6.45, 7) is 29.3. The van der Waals surface area contributed by atoms with Crippen LogP contribution in [-0.4, -0.2) is 77.5 Å². The molecule has 0 spiro atoms. The van der Waals surface area contributed by atoms with Crippen LogP contribution in [0.1, 0.15) is 134 Å². The van der Waals surface area contributed by atoms with Gasteiger partial charge in [-0.2, -0.15) is 0 Å². The first-order valence-corrected chi connectivity index (χ1v) is 24.5. The van der Waals surface area contributed by atoms with Crippen LogP contribution in [0.2, 0.25) is 0 Å². The lowest BCUT2D eigenvalue weighted by Gasteiger charge is -2.28. The predicted octanol–water partition coefficient (Wildman–Crippen LogP) is 12.5. The van der Waals surface area contributed by atoms with E-state index in [-0.39, 0.29) is 43.4 Å². The first kappa shape index (κ1) is 56.5. The molecule has 0 radical (unpaired) electrons. The molecule has 0 bridgehead atoms. The van der Waals surface area contributed by atoms with Crippen LogP contribution in [-0.2, 0) is 28.6 Å². The number of phenolic OH excluding ortho intramolecular Hbond substituents is 1. The topological polar surface area (TPSA) is 156 Å². The van der Waals surface area contributed by atoms with Crippen molar-refractivity contribution < 1.29 is 57.8 Å². The van der Waals surface area contributed by atoms with Gasteiger partial charge in [0.2, 0.25) is 0 Å². The summed E-state index contributed by atoms with van der Waals surface area (Å²) in [7, 11) is 0. The number of phenols is 1. The van der Waals surface area contributed by atoms with Crippen LogP contribution in [0.3, 0.4) is 0 Å². The summed E-state index contributed by atoms with van der Waals surface area (Å²) >= 11 is 0. The van der Waals surface area contributed by atoms with Crippen LogP contribution in [0.15, 0.2) is 84.9 Å². The second kappa shape index (κ2) is 23.0. The summed E-state index contributed by atoms with van der Waals surface area (Å²) in [6.07, 6.45) is -0.815. The average molecular weight is 989 g/mol. The molecule has 0 saturated heterocycles. The highest BCUT2D eigenvalue weighted by Crippen LogP contribution is 2.47. The maximum atomic E-state index is 13.6. The van der Waals surface area contributed by atoms with Gasteiger partial charge in [-0.3, -0.25) is 4.79 Å². The van der Waals surface area contributed by atoms with Crippen LogP contribution < -0.4 is 18.9 Å². The van der Waals surface area contributed by atoms with E-state index in [0.717, 1.165) is 50.1 Å². The number of aliphatic hydroxyl groups excluding tert-OH is 1. The highest BCUT2D eigenvalue weighted by molar-refractivity contribution is 5.81. The fraction of sp³-hybridized carbons (Fsp3) is 0.450. The molecule has 0 aromatic heterocycles. The van der Waals surface area contributed by atoms with E-state index in [9.17, 15) is 24.6 Å². The largest absolute Gasteiger partial charge is 0.508 e. The third-order valence-electron chi connectivity index (χ3n) is 11.0. The van der Waals surface area contributed by atoms with Crippen LogP contribution in [0.25, 0.3) is 22.3 Å². The normalized spacial score (nSPS) is 13.0. The molecule has 72 heavy (non-hydrogen) atoms. The molecular formula is C60H76O12. The Labute approximate surface area is 426 Å². The number of hydrogen-bond acceptors (Lipinski definition) is 12. The number of aryl methyl sites for hydroxylation is 4. The SMILES string of the molecule is Cc1cc(-c2cc(C)c(OCC(=O)OC(C)(C)C)c(C(c3ccc(O)cc3)c3cc(-c4ccc(OCC(O)OC(C)(C)C)c(C)c4)cc(C)c3OCC(=O)CC(C)(C)C)c2)ccc1OCC(=O)OC(C)(C)C. The lowest BCUT2D eigenvalue weighted by atomic mass is 9.80. The lowest BCUT2D eigenvalue weighted by Crippen LogP contribution is -2.31. The Bertz CT molecular complexity index is 2710. The second-order valence-electron chi connectivity index (χ2n) is 22.7. The van der Waals surface area contributed by atoms with E-state index >= 15 is 0 Å². The molecule has 0 saturated carbocycles. The number of carbonyl (C=O) groups excluding carboxylic acids is 3. The number of esters is 2. The van der Waals surface area contributed by atoms with Gasteiger partial charge in [0.05, 0.1) is 5.60 Å². The summed E-state index contributed by atoms with van der Waals surface area (Å²) in [4.78, 5) is 39.5. The van der Waals surface area contributed by atoms with Gasteiger partial charge in [0.1, 0.15) is 53.2 Å². The Morgan fingerprint density at radius 1 is 0.500 bits per heavy atom. The van der Waals surface area contributed by atoms with Crippen molar-refractivity contribution >= 4 is 17.7 Å². The molecule has 2 unspecified atom stereocenters. The monoisotopic (exact) mass is 989 g/mol. The van der Waals surface area contributed by atoms with Crippen molar-refractivity contribution in [3.8, 4) is 51.0 Å². The van der Waals surface area contributed by atoms with Gasteiger partial charge in [-0.15, -0.1) is 0 Å². The van der Waals surface area contributed by atoms with Gasteiger partial charge in [0, 0.05) is 23.5 Å². The molecule has 388 valence electrons. The number of aromatic hydroxyl groups is 1. The number of benzene rings is 5. The minimum Gasteiger partial charge on any atom is -0.508 e. The van der Waals surface area contributed by atoms with Crippen molar-refractivity contribution in [2.24, 2.45) is 5.41 Å². The Balaban J connectivity index is 1.74. The van der Waals surface area contributed by atoms with E-state index in [1.54, 1.807) is 53.7 Å². The van der Waals surface area contributed by atoms with Crippen molar-refractivity contribution in [1.29, 1.82) is 0 Å². The summed E-state index contributed by atoms with van der Waals surface area (Å²) in [5.74, 6) is 0.337. The van der Waals surface area contributed by atoms with Gasteiger partial charge in [-0.05, 0) is 206 Å². The maximum absolute atomic E-state index is 13.6. The van der Waals surface area contributed by atoms with Gasteiger partial charge in [-0.25, -0.2) is 9.59 Å². The minimum atomic E-state index is -1.12. The summed E-state index contributed by atoms with van der Waals surface area (Å²) in [6, 6.07) is 26.5. The molecule has 12 nitrogen and oxygen atoms in total. The van der Waals surface area contributed by atoms with E-state index in [0.29, 0.717) is 40.5 Å². The number of ether oxygens (including phenoxy) is 7. The van der Waals surface area contributed by atoms with E-state index in [2.05, 4.69) is 0 Å². The highest BCUT2D eigenvalue weighted by atomic mass is 16.6. The molecule has 5 aromatic carbocycles. The molecule has 0 aliphatic carbocycles. The zero-order valence-electron chi connectivity index (χ0n) is 45.3. The number of Topliss-reactive ketones (excluding diaryl/α,β-unsaturated/α-hetero) is 1. The van der Waals surface area contributed by atoms with Gasteiger partial charge in [0.25, 0.3) is 0 Å². The molecule has 2 atom stereocenters. The van der Waals surface area contributed by atoms with Gasteiger partial charge < -0.3 is 43.4 Å². The van der Waals surface area contributed by atoms with Crippen LogP contribution >= 0.6 is 0 Å². The molecule has 2 N–H and O–H groups in total. The molecule has 12 heteroatoms. The van der Waals surface area contributed by atoms with E-state index in [1.807, 2.05) is 142 Å². The molecule has 0 heterocycles.